The van der Waals surface area contributed by atoms with Gasteiger partial charge in [-0.2, -0.15) is 0 Å². The summed E-state index contributed by atoms with van der Waals surface area (Å²) in [4.78, 5) is 13.2. The average molecular weight is 558 g/mol. The molecule has 4 fully saturated rings. The summed E-state index contributed by atoms with van der Waals surface area (Å²) in [6.45, 7) is 0. The summed E-state index contributed by atoms with van der Waals surface area (Å²) in [7, 11) is 0. The van der Waals surface area contributed by atoms with Gasteiger partial charge in [-0.25, -0.2) is 0 Å². The number of hydrogen-bond acceptors (Lipinski definition) is 8. The minimum Gasteiger partial charge on any atom is -0.480 e. The molecule has 1 aliphatic heterocycles. The van der Waals surface area contributed by atoms with Gasteiger partial charge < -0.3 is 24.7 Å². The summed E-state index contributed by atoms with van der Waals surface area (Å²) >= 11 is 6.01. The highest BCUT2D eigenvalue weighted by molar-refractivity contribution is 6.30. The van der Waals surface area contributed by atoms with Gasteiger partial charge in [0.1, 0.15) is 5.75 Å². The van der Waals surface area contributed by atoms with Crippen molar-refractivity contribution in [3.8, 4) is 5.75 Å². The van der Waals surface area contributed by atoms with Gasteiger partial charge in [-0.05, 0) is 63.1 Å². The number of rotatable bonds is 5. The lowest BCUT2D eigenvalue weighted by molar-refractivity contribution is -0.352. The molecule has 1 amide bonds. The van der Waals surface area contributed by atoms with E-state index in [-0.39, 0.29) is 31.1 Å². The summed E-state index contributed by atoms with van der Waals surface area (Å²) in [6, 6.07) is 4.86. The van der Waals surface area contributed by atoms with Crippen LogP contribution in [0.15, 0.2) is 22.6 Å². The summed E-state index contributed by atoms with van der Waals surface area (Å²) in [5.41, 5.74) is -0.866. The van der Waals surface area contributed by atoms with E-state index in [0.717, 1.165) is 0 Å². The third-order valence-electron chi connectivity index (χ3n) is 8.66. The van der Waals surface area contributed by atoms with Gasteiger partial charge in [0.25, 0.3) is 5.91 Å². The van der Waals surface area contributed by atoms with E-state index in [1.54, 1.807) is 18.2 Å². The van der Waals surface area contributed by atoms with Crippen LogP contribution in [0.2, 0.25) is 5.02 Å². The molecule has 0 saturated heterocycles. The molecule has 9 nitrogen and oxygen atoms in total. The molecule has 1 aromatic carbocycles. The first kappa shape index (κ1) is 25.8. The molecule has 4 aliphatic carbocycles. The fourth-order valence-corrected chi connectivity index (χ4v) is 6.54. The van der Waals surface area contributed by atoms with Crippen LogP contribution in [-0.4, -0.2) is 56.5 Å². The summed E-state index contributed by atoms with van der Waals surface area (Å²) in [6.07, 6.45) is -5.47. The molecule has 13 heteroatoms. The van der Waals surface area contributed by atoms with Crippen LogP contribution in [0.4, 0.5) is 13.2 Å². The minimum absolute atomic E-state index is 0.0656. The van der Waals surface area contributed by atoms with Crippen molar-refractivity contribution in [1.82, 2.24) is 15.5 Å². The lowest BCUT2D eigenvalue weighted by Crippen LogP contribution is -2.67. The van der Waals surface area contributed by atoms with Crippen LogP contribution in [0.3, 0.4) is 0 Å². The maximum absolute atomic E-state index is 13.2. The van der Waals surface area contributed by atoms with Gasteiger partial charge in [0, 0.05) is 22.9 Å². The second-order valence-electron chi connectivity index (χ2n) is 11.0. The van der Waals surface area contributed by atoms with Crippen LogP contribution in [0.5, 0.6) is 5.75 Å². The number of carbonyl (C=O) groups excluding carboxylic acids is 1. The second-order valence-corrected chi connectivity index (χ2v) is 11.4. The van der Waals surface area contributed by atoms with Crippen molar-refractivity contribution in [2.24, 2.45) is 0 Å². The Morgan fingerprint density at radius 1 is 1.13 bits per heavy atom. The van der Waals surface area contributed by atoms with Crippen molar-refractivity contribution in [1.29, 1.82) is 0 Å². The monoisotopic (exact) mass is 557 g/mol. The quantitative estimate of drug-likeness (QED) is 0.506. The fourth-order valence-electron chi connectivity index (χ4n) is 6.36. The molecule has 7 rings (SSSR count). The molecule has 2 heterocycles. The van der Waals surface area contributed by atoms with E-state index < -0.39 is 47.6 Å². The molecule has 2 aromatic rings. The molecule has 3 atom stereocenters. The number of aliphatic hydroxyl groups is 2. The van der Waals surface area contributed by atoms with E-state index in [4.69, 9.17) is 20.8 Å². The largest absolute Gasteiger partial charge is 0.522 e. The number of aromatic nitrogens is 2. The van der Waals surface area contributed by atoms with Gasteiger partial charge >= 0.3 is 6.36 Å². The molecule has 206 valence electrons. The van der Waals surface area contributed by atoms with Gasteiger partial charge in [0.05, 0.1) is 29.3 Å². The van der Waals surface area contributed by atoms with Gasteiger partial charge in [-0.3, -0.25) is 9.53 Å². The van der Waals surface area contributed by atoms with Crippen LogP contribution in [0.25, 0.3) is 0 Å². The Labute approximate surface area is 220 Å². The zero-order chi connectivity index (χ0) is 26.9. The lowest BCUT2D eigenvalue weighted by Gasteiger charge is -2.55. The number of benzene rings is 1. The lowest BCUT2D eigenvalue weighted by atomic mass is 9.55. The van der Waals surface area contributed by atoms with E-state index >= 15 is 0 Å². The van der Waals surface area contributed by atoms with Gasteiger partial charge in [-0.15, -0.1) is 23.4 Å². The highest BCUT2D eigenvalue weighted by Crippen LogP contribution is 2.54. The van der Waals surface area contributed by atoms with Crippen LogP contribution >= 0.6 is 11.6 Å². The highest BCUT2D eigenvalue weighted by atomic mass is 35.5. The number of carbonyl (C=O) groups is 1. The molecule has 0 radical (unpaired) electrons. The molecule has 2 bridgehead atoms. The Balaban J connectivity index is 1.09. The minimum atomic E-state index is -4.67. The third-order valence-corrected chi connectivity index (χ3v) is 8.90. The molecule has 1 aromatic heterocycles. The van der Waals surface area contributed by atoms with Crippen molar-refractivity contribution >= 4 is 17.5 Å². The Morgan fingerprint density at radius 2 is 1.87 bits per heavy atom. The Bertz CT molecular complexity index is 1230. The van der Waals surface area contributed by atoms with E-state index in [1.807, 2.05) is 0 Å². The Hall–Kier alpha value is -2.41. The molecular formula is C25H27ClF3N3O6. The van der Waals surface area contributed by atoms with Crippen molar-refractivity contribution in [2.75, 3.05) is 0 Å². The van der Waals surface area contributed by atoms with Gasteiger partial charge in [0.15, 0.2) is 6.10 Å². The van der Waals surface area contributed by atoms with Crippen LogP contribution in [0, 0.1) is 0 Å². The molecule has 5 aliphatic rings. The third kappa shape index (κ3) is 4.55. The van der Waals surface area contributed by atoms with Crippen LogP contribution in [0.1, 0.15) is 80.7 Å². The average Bonchev–Trinajstić information content (AvgIpc) is 3.32. The number of amides is 1. The van der Waals surface area contributed by atoms with E-state index in [2.05, 4.69) is 20.3 Å². The van der Waals surface area contributed by atoms with Crippen molar-refractivity contribution < 1.29 is 42.1 Å². The van der Waals surface area contributed by atoms with Crippen molar-refractivity contribution in [3.63, 3.8) is 0 Å². The zero-order valence-electron chi connectivity index (χ0n) is 20.2. The predicted molar refractivity (Wildman–Crippen MR) is 124 cm³/mol. The summed E-state index contributed by atoms with van der Waals surface area (Å²) in [5.74, 6) is 0.366. The summed E-state index contributed by atoms with van der Waals surface area (Å²) < 4.78 is 53.0. The zero-order valence-corrected chi connectivity index (χ0v) is 21.0. The van der Waals surface area contributed by atoms with E-state index in [1.165, 1.54) is 0 Å². The number of alkyl halides is 3. The first-order valence-corrected chi connectivity index (χ1v) is 13.1. The Morgan fingerprint density at radius 3 is 2.55 bits per heavy atom. The molecule has 38 heavy (non-hydrogen) atoms. The first-order chi connectivity index (χ1) is 18.0. The molecule has 4 saturated carbocycles. The SMILES string of the molecule is O=C(NC12CCC(c3nnc([C@H]4C[C@@H](OC(F)(F)F)C4)o3)(CC1)C[C@@H]2O)C1CC(O)c2cc(Cl)ccc2O1. The van der Waals surface area contributed by atoms with E-state index in [0.29, 0.717) is 54.3 Å². The van der Waals surface area contributed by atoms with Gasteiger partial charge in [0.2, 0.25) is 11.8 Å². The molecule has 2 unspecified atom stereocenters. The van der Waals surface area contributed by atoms with Crippen molar-refractivity contribution in [3.05, 3.63) is 40.6 Å². The second kappa shape index (κ2) is 9.07. The normalized spacial score (nSPS) is 36.2. The number of ether oxygens (including phenoxy) is 2. The molecular weight excluding hydrogens is 531 g/mol. The molecule has 0 spiro atoms. The standard InChI is InChI=1S/C25H27ClF3N3O6/c26-13-1-2-17-15(9-13)16(33)10-18(36-17)20(35)30-24-5-3-23(4-6-24,11-19(24)34)22-32-31-21(37-22)12-7-14(8-12)38-25(27,28)29/h1-2,9,12,14,16,18-19,33-34H,3-8,10-11H2,(H,30,35)/t12-,14+,16?,18?,19-,23?,24?/m0/s1. The number of aliphatic hydroxyl groups excluding tert-OH is 2. The summed E-state index contributed by atoms with van der Waals surface area (Å²) in [5, 5.41) is 33.4. The fraction of sp³-hybridized carbons (Fsp3) is 0.640. The Kier molecular flexibility index (Phi) is 6.17. The van der Waals surface area contributed by atoms with Crippen LogP contribution in [-0.2, 0) is 14.9 Å². The highest BCUT2D eigenvalue weighted by Gasteiger charge is 2.58. The van der Waals surface area contributed by atoms with Gasteiger partial charge in [-0.1, -0.05) is 11.6 Å². The topological polar surface area (TPSA) is 127 Å². The number of nitrogens with one attached hydrogen (secondary N) is 1. The number of halogens is 4. The number of fused-ring (bicyclic) bond motifs is 4. The number of nitrogens with zero attached hydrogens (tertiary/aromatic N) is 2. The van der Waals surface area contributed by atoms with Crippen LogP contribution < -0.4 is 10.1 Å². The smallest absolute Gasteiger partial charge is 0.480 e. The van der Waals surface area contributed by atoms with Crippen molar-refractivity contribution in [2.45, 2.75) is 99.0 Å². The maximum Gasteiger partial charge on any atom is 0.522 e. The predicted octanol–water partition coefficient (Wildman–Crippen LogP) is 3.82. The first-order valence-electron chi connectivity index (χ1n) is 12.7. The number of hydrogen-bond donors (Lipinski definition) is 3. The molecule has 3 N–H and O–H groups in total. The van der Waals surface area contributed by atoms with E-state index in [9.17, 15) is 28.2 Å². The maximum atomic E-state index is 13.2.